The van der Waals surface area contributed by atoms with Gasteiger partial charge < -0.3 is 9.73 Å². The molecule has 3 aromatic rings. The maximum atomic E-state index is 12.1. The molecule has 0 saturated carbocycles. The second-order valence-corrected chi connectivity index (χ2v) is 5.93. The first-order valence-corrected chi connectivity index (χ1v) is 7.50. The fourth-order valence-electron chi connectivity index (χ4n) is 2.12. The number of hydrogen-bond donors (Lipinski definition) is 1. The standard InChI is InChI=1S/C16H11BrClNO2/c17-11-5-6-15-12(8-11)10(9-21-15)7-16(20)19-14-4-2-1-3-13(14)18/h1-6,8-9H,7H2,(H,19,20). The molecule has 0 spiro atoms. The number of furan rings is 1. The maximum Gasteiger partial charge on any atom is 0.228 e. The van der Waals surface area contributed by atoms with Crippen molar-refractivity contribution in [2.24, 2.45) is 0 Å². The number of carbonyl (C=O) groups excluding carboxylic acids is 1. The molecule has 106 valence electrons. The molecule has 0 bridgehead atoms. The summed E-state index contributed by atoms with van der Waals surface area (Å²) in [4.78, 5) is 12.1. The zero-order chi connectivity index (χ0) is 14.8. The Hall–Kier alpha value is -1.78. The normalized spacial score (nSPS) is 10.8. The van der Waals surface area contributed by atoms with Crippen molar-refractivity contribution in [2.75, 3.05) is 5.32 Å². The molecular weight excluding hydrogens is 354 g/mol. The molecule has 1 aromatic heterocycles. The average Bonchev–Trinajstić information content (AvgIpc) is 2.84. The molecule has 1 heterocycles. The molecule has 1 amide bonds. The van der Waals surface area contributed by atoms with Crippen LogP contribution >= 0.6 is 27.5 Å². The molecule has 0 aliphatic carbocycles. The summed E-state index contributed by atoms with van der Waals surface area (Å²) in [5.41, 5.74) is 2.22. The minimum absolute atomic E-state index is 0.134. The van der Waals surface area contributed by atoms with Gasteiger partial charge in [0.25, 0.3) is 0 Å². The predicted octanol–water partition coefficient (Wildman–Crippen LogP) is 5.03. The Morgan fingerprint density at radius 3 is 2.86 bits per heavy atom. The summed E-state index contributed by atoms with van der Waals surface area (Å²) in [7, 11) is 0. The van der Waals surface area contributed by atoms with Gasteiger partial charge in [-0.3, -0.25) is 4.79 Å². The van der Waals surface area contributed by atoms with Crippen LogP contribution in [0.3, 0.4) is 0 Å². The van der Waals surface area contributed by atoms with Gasteiger partial charge in [-0.05, 0) is 30.3 Å². The third-order valence-electron chi connectivity index (χ3n) is 3.11. The number of rotatable bonds is 3. The van der Waals surface area contributed by atoms with Crippen molar-refractivity contribution < 1.29 is 9.21 Å². The third kappa shape index (κ3) is 3.12. The highest BCUT2D eigenvalue weighted by molar-refractivity contribution is 9.10. The maximum absolute atomic E-state index is 12.1. The van der Waals surface area contributed by atoms with Gasteiger partial charge in [0, 0.05) is 15.4 Å². The number of halogens is 2. The molecule has 0 unspecified atom stereocenters. The lowest BCUT2D eigenvalue weighted by molar-refractivity contribution is -0.115. The van der Waals surface area contributed by atoms with E-state index in [9.17, 15) is 4.79 Å². The lowest BCUT2D eigenvalue weighted by atomic mass is 10.1. The molecule has 21 heavy (non-hydrogen) atoms. The molecule has 1 N–H and O–H groups in total. The van der Waals surface area contributed by atoms with Crippen molar-refractivity contribution in [3.05, 3.63) is 63.8 Å². The minimum atomic E-state index is -0.134. The van der Waals surface area contributed by atoms with Crippen LogP contribution in [0.5, 0.6) is 0 Å². The highest BCUT2D eigenvalue weighted by Crippen LogP contribution is 2.26. The monoisotopic (exact) mass is 363 g/mol. The van der Waals surface area contributed by atoms with E-state index in [2.05, 4.69) is 21.2 Å². The smallest absolute Gasteiger partial charge is 0.228 e. The summed E-state index contributed by atoms with van der Waals surface area (Å²) in [6.45, 7) is 0. The van der Waals surface area contributed by atoms with Crippen molar-refractivity contribution >= 4 is 50.1 Å². The van der Waals surface area contributed by atoms with E-state index in [4.69, 9.17) is 16.0 Å². The fourth-order valence-corrected chi connectivity index (χ4v) is 2.66. The third-order valence-corrected chi connectivity index (χ3v) is 3.94. The van der Waals surface area contributed by atoms with E-state index in [1.54, 1.807) is 18.4 Å². The van der Waals surface area contributed by atoms with Gasteiger partial charge in [-0.1, -0.05) is 39.7 Å². The Bertz CT molecular complexity index is 813. The summed E-state index contributed by atoms with van der Waals surface area (Å²) in [5, 5.41) is 4.25. The summed E-state index contributed by atoms with van der Waals surface area (Å²) < 4.78 is 6.40. The van der Waals surface area contributed by atoms with Crippen molar-refractivity contribution in [1.82, 2.24) is 0 Å². The summed E-state index contributed by atoms with van der Waals surface area (Å²) in [5.74, 6) is -0.134. The summed E-state index contributed by atoms with van der Waals surface area (Å²) >= 11 is 9.45. The number of anilines is 1. The molecule has 3 nitrogen and oxygen atoms in total. The molecule has 0 fully saturated rings. The number of fused-ring (bicyclic) bond motifs is 1. The van der Waals surface area contributed by atoms with E-state index in [1.807, 2.05) is 30.3 Å². The highest BCUT2D eigenvalue weighted by atomic mass is 79.9. The number of carbonyl (C=O) groups is 1. The van der Waals surface area contributed by atoms with Crippen LogP contribution in [0.2, 0.25) is 5.02 Å². The average molecular weight is 365 g/mol. The quantitative estimate of drug-likeness (QED) is 0.708. The number of benzene rings is 2. The van der Waals surface area contributed by atoms with Gasteiger partial charge in [-0.25, -0.2) is 0 Å². The SMILES string of the molecule is O=C(Cc1coc2ccc(Br)cc12)Nc1ccccc1Cl. The lowest BCUT2D eigenvalue weighted by Crippen LogP contribution is -2.14. The zero-order valence-corrected chi connectivity index (χ0v) is 13.2. The zero-order valence-electron chi connectivity index (χ0n) is 10.9. The Morgan fingerprint density at radius 2 is 2.05 bits per heavy atom. The first kappa shape index (κ1) is 14.2. The second kappa shape index (κ2) is 5.92. The molecular formula is C16H11BrClNO2. The van der Waals surface area contributed by atoms with E-state index >= 15 is 0 Å². The molecule has 0 atom stereocenters. The molecule has 2 aromatic carbocycles. The minimum Gasteiger partial charge on any atom is -0.464 e. The summed E-state index contributed by atoms with van der Waals surface area (Å²) in [6.07, 6.45) is 1.85. The van der Waals surface area contributed by atoms with Crippen LogP contribution in [-0.2, 0) is 11.2 Å². The molecule has 0 aliphatic heterocycles. The number of para-hydroxylation sites is 1. The van der Waals surface area contributed by atoms with Crippen molar-refractivity contribution in [2.45, 2.75) is 6.42 Å². The molecule has 0 radical (unpaired) electrons. The van der Waals surface area contributed by atoms with E-state index < -0.39 is 0 Å². The number of nitrogens with one attached hydrogen (secondary N) is 1. The number of amides is 1. The summed E-state index contributed by atoms with van der Waals surface area (Å²) in [6, 6.07) is 12.9. The van der Waals surface area contributed by atoms with Gasteiger partial charge in [-0.2, -0.15) is 0 Å². The van der Waals surface area contributed by atoms with Crippen molar-refractivity contribution in [1.29, 1.82) is 0 Å². The largest absolute Gasteiger partial charge is 0.464 e. The van der Waals surface area contributed by atoms with Gasteiger partial charge in [-0.15, -0.1) is 0 Å². The van der Waals surface area contributed by atoms with Crippen LogP contribution in [0.15, 0.2) is 57.6 Å². The van der Waals surface area contributed by atoms with Crippen LogP contribution in [0.25, 0.3) is 11.0 Å². The molecule has 3 rings (SSSR count). The van der Waals surface area contributed by atoms with Gasteiger partial charge >= 0.3 is 0 Å². The Kier molecular flexibility index (Phi) is 3.99. The number of hydrogen-bond acceptors (Lipinski definition) is 2. The van der Waals surface area contributed by atoms with Gasteiger partial charge in [0.05, 0.1) is 23.4 Å². The van der Waals surface area contributed by atoms with E-state index in [-0.39, 0.29) is 12.3 Å². The van der Waals surface area contributed by atoms with Crippen molar-refractivity contribution in [3.63, 3.8) is 0 Å². The lowest BCUT2D eigenvalue weighted by Gasteiger charge is -2.06. The highest BCUT2D eigenvalue weighted by Gasteiger charge is 2.12. The van der Waals surface area contributed by atoms with Crippen LogP contribution < -0.4 is 5.32 Å². The topological polar surface area (TPSA) is 42.2 Å². The second-order valence-electron chi connectivity index (χ2n) is 4.61. The fraction of sp³-hybridized carbons (Fsp3) is 0.0625. The van der Waals surface area contributed by atoms with Crippen LogP contribution in [0, 0.1) is 0 Å². The molecule has 5 heteroatoms. The Balaban J connectivity index is 1.80. The first-order chi connectivity index (χ1) is 10.1. The van der Waals surface area contributed by atoms with Crippen LogP contribution in [-0.4, -0.2) is 5.91 Å². The van der Waals surface area contributed by atoms with Gasteiger partial charge in [0.1, 0.15) is 5.58 Å². The Morgan fingerprint density at radius 1 is 1.24 bits per heavy atom. The van der Waals surface area contributed by atoms with E-state index in [0.29, 0.717) is 10.7 Å². The Labute approximate surface area is 135 Å². The van der Waals surface area contributed by atoms with Gasteiger partial charge in [0.15, 0.2) is 0 Å². The van der Waals surface area contributed by atoms with E-state index in [1.165, 1.54) is 0 Å². The van der Waals surface area contributed by atoms with Crippen LogP contribution in [0.4, 0.5) is 5.69 Å². The molecule has 0 aliphatic rings. The molecule has 0 saturated heterocycles. The van der Waals surface area contributed by atoms with Crippen LogP contribution in [0.1, 0.15) is 5.56 Å². The van der Waals surface area contributed by atoms with Crippen molar-refractivity contribution in [3.8, 4) is 0 Å². The van der Waals surface area contributed by atoms with Gasteiger partial charge in [0.2, 0.25) is 5.91 Å². The van der Waals surface area contributed by atoms with E-state index in [0.717, 1.165) is 21.0 Å². The first-order valence-electron chi connectivity index (χ1n) is 6.33. The predicted molar refractivity (Wildman–Crippen MR) is 87.7 cm³/mol.